The topological polar surface area (TPSA) is 0 Å². The van der Waals surface area contributed by atoms with Gasteiger partial charge in [0.1, 0.15) is 5.82 Å². The first-order valence-corrected chi connectivity index (χ1v) is 45.5. The zero-order chi connectivity index (χ0) is 72.9. The molecule has 13 aliphatic rings. The lowest BCUT2D eigenvalue weighted by molar-refractivity contribution is -0.157. The van der Waals surface area contributed by atoms with Crippen LogP contribution in [0.5, 0.6) is 0 Å². The number of hydrogen-bond acceptors (Lipinski definition) is 1. The molecular formula is C97H173FS. The van der Waals surface area contributed by atoms with Gasteiger partial charge < -0.3 is 0 Å². The predicted octanol–water partition coefficient (Wildman–Crippen LogP) is 31.9. The Hall–Kier alpha value is -1.28. The van der Waals surface area contributed by atoms with E-state index in [0.717, 1.165) is 146 Å². The van der Waals surface area contributed by atoms with Crippen LogP contribution in [-0.4, -0.2) is 11.0 Å². The molecule has 11 saturated carbocycles. The van der Waals surface area contributed by atoms with Gasteiger partial charge in [-0.3, -0.25) is 0 Å². The first-order valence-electron chi connectivity index (χ1n) is 44.5. The van der Waals surface area contributed by atoms with Crippen LogP contribution in [0.3, 0.4) is 0 Å². The van der Waals surface area contributed by atoms with Crippen molar-refractivity contribution >= 4 is 11.8 Å². The van der Waals surface area contributed by atoms with E-state index < -0.39 is 0 Å². The fourth-order valence-electron chi connectivity index (χ4n) is 21.0. The molecule has 1 saturated heterocycles. The van der Waals surface area contributed by atoms with Crippen LogP contribution in [0.2, 0.25) is 0 Å². The van der Waals surface area contributed by atoms with Gasteiger partial charge in [-0.1, -0.05) is 324 Å². The van der Waals surface area contributed by atoms with E-state index in [4.69, 9.17) is 0 Å². The Bertz CT molecular complexity index is 2310. The maximum atomic E-state index is 13.1. The van der Waals surface area contributed by atoms with Crippen molar-refractivity contribution in [3.63, 3.8) is 0 Å². The van der Waals surface area contributed by atoms with Gasteiger partial charge in [-0.2, -0.15) is 11.8 Å². The molecule has 99 heavy (non-hydrogen) atoms. The Morgan fingerprint density at radius 3 is 1.30 bits per heavy atom. The molecule has 9 atom stereocenters. The van der Waals surface area contributed by atoms with Crippen LogP contribution >= 0.6 is 11.8 Å². The van der Waals surface area contributed by atoms with Crippen LogP contribution < -0.4 is 0 Å². The van der Waals surface area contributed by atoms with E-state index >= 15 is 0 Å². The molecule has 0 amide bonds. The number of halogens is 1. The standard InChI is InChI=1S/C12H16.C12H22.C10H13F.2C10H18.2C10H20.C9H18.C7H14S.C7H14/c1-9(2)11-7-3-5-10-6-4-8-12(10)11;1-9(2)12-7-10-5-3-4-6-11(10)8-12;1-7(2)10-8(3)5-4-6-9(10)11;1-7(2)8(3)10-4-9(5-10)6-10;1-7(2)10-6-8-3-4-9(10)5-8;1-8(2)9(3)10-6-4-5-7-10;1-9(2)8-10-6-4-3-5-7-10;1-8(2)9-6-4-3-5-7-9;1-6(2)7-4-3-5-8-7;1-6(2)7-4-3-5-7/h3,5,7,9H,4,6,8H2,1-2H3;9-12H,3-8H2,1-2H3;4-7H,1-3H3;7-9H,4-6H2,1-3H3;7-10H,3-6H2,1-2H3;8-10H,4-7H2,1-3H3;9-10H,3-8H2,1-2H3;8-9H,3-7H2,1-2H3;6-7H,3-5H2,1-2H3;6-7H,3-5H2,1-2H3/t;10-,11+,12?;;8-,9?,10?;8-,9+,10+;9-;;;;/m...011..../s1. The van der Waals surface area contributed by atoms with Crippen molar-refractivity contribution in [3.05, 3.63) is 70.0 Å². The average Bonchev–Trinajstić information content (AvgIpc) is 1.56. The van der Waals surface area contributed by atoms with Gasteiger partial charge in [-0.15, -0.1) is 0 Å². The highest BCUT2D eigenvalue weighted by Crippen LogP contribution is 2.69. The summed E-state index contributed by atoms with van der Waals surface area (Å²) in [4.78, 5) is 0. The molecule has 0 aromatic heterocycles. The summed E-state index contributed by atoms with van der Waals surface area (Å²) in [6.45, 7) is 53.1. The first kappa shape index (κ1) is 88.3. The second-order valence-electron chi connectivity index (χ2n) is 39.5. The van der Waals surface area contributed by atoms with E-state index in [0.29, 0.717) is 5.92 Å². The molecule has 12 aliphatic carbocycles. The summed E-state index contributed by atoms with van der Waals surface area (Å²) < 4.78 is 13.1. The van der Waals surface area contributed by atoms with Gasteiger partial charge in [-0.25, -0.2) is 4.39 Å². The second-order valence-corrected chi connectivity index (χ2v) is 40.9. The van der Waals surface area contributed by atoms with Crippen LogP contribution in [0.25, 0.3) is 0 Å². The third kappa shape index (κ3) is 30.1. The Kier molecular flexibility index (Phi) is 41.1. The molecule has 12 fully saturated rings. The van der Waals surface area contributed by atoms with Gasteiger partial charge in [0.15, 0.2) is 0 Å². The van der Waals surface area contributed by atoms with Crippen molar-refractivity contribution in [1.29, 1.82) is 0 Å². The van der Waals surface area contributed by atoms with Gasteiger partial charge in [-0.05, 0) is 278 Å². The van der Waals surface area contributed by atoms with Crippen LogP contribution in [0.15, 0.2) is 36.4 Å². The molecule has 0 spiro atoms. The Morgan fingerprint density at radius 1 is 0.424 bits per heavy atom. The molecule has 0 nitrogen and oxygen atoms in total. The minimum Gasteiger partial charge on any atom is -0.207 e. The number of aryl methyl sites for hydroxylation is 2. The molecule has 1 heterocycles. The Balaban J connectivity index is 0.000000199. The number of fused-ring (bicyclic) bond motifs is 4. The van der Waals surface area contributed by atoms with Gasteiger partial charge in [0.2, 0.25) is 0 Å². The molecule has 4 bridgehead atoms. The van der Waals surface area contributed by atoms with E-state index in [1.807, 2.05) is 26.8 Å². The zero-order valence-electron chi connectivity index (χ0n) is 70.8. The lowest BCUT2D eigenvalue weighted by Crippen LogP contribution is -2.56. The minimum absolute atomic E-state index is 0.0833. The maximum Gasteiger partial charge on any atom is 0.126 e. The zero-order valence-corrected chi connectivity index (χ0v) is 71.6. The smallest absolute Gasteiger partial charge is 0.126 e. The molecule has 0 N–H and O–H groups in total. The molecule has 2 aromatic rings. The third-order valence-electron chi connectivity index (χ3n) is 28.7. The summed E-state index contributed by atoms with van der Waals surface area (Å²) in [5.41, 5.74) is 7.55. The fraction of sp³-hybridized carbons (Fsp3) is 0.876. The van der Waals surface area contributed by atoms with Gasteiger partial charge in [0.25, 0.3) is 0 Å². The van der Waals surface area contributed by atoms with Crippen molar-refractivity contribution in [2.45, 2.75) is 407 Å². The lowest BCUT2D eigenvalue weighted by Gasteiger charge is -2.66. The van der Waals surface area contributed by atoms with Crippen LogP contribution in [0.1, 0.15) is 410 Å². The molecule has 2 heteroatoms. The summed E-state index contributed by atoms with van der Waals surface area (Å²) in [7, 11) is 0. The number of benzene rings is 2. The second kappa shape index (κ2) is 46.1. The van der Waals surface area contributed by atoms with Crippen molar-refractivity contribution in [2.24, 2.45) is 130 Å². The predicted molar refractivity (Wildman–Crippen MR) is 444 cm³/mol. The summed E-state index contributed by atoms with van der Waals surface area (Å²) in [5.74, 6) is 23.8. The van der Waals surface area contributed by atoms with Crippen LogP contribution in [-0.2, 0) is 12.8 Å². The van der Waals surface area contributed by atoms with Crippen molar-refractivity contribution < 1.29 is 4.39 Å². The molecule has 1 aliphatic heterocycles. The van der Waals surface area contributed by atoms with Crippen molar-refractivity contribution in [1.82, 2.24) is 0 Å². The minimum atomic E-state index is -0.0833. The van der Waals surface area contributed by atoms with Crippen molar-refractivity contribution in [3.8, 4) is 0 Å². The molecule has 574 valence electrons. The molecule has 2 unspecified atom stereocenters. The SMILES string of the molecule is CC(C)C1CCC1.CC(C)C1CCCCC1.CC(C)C1CCCS1.CC(C)C1C[C@H]2CCCC[C@H]2C1.CC(C)CC1CCCCC1.CC(C)[C@@H](C)C1CCCC1.CC(C)[C@@H]1C[C@@H]2CC[C@H]1C2.CC(C)[C@H](C)C12CC(C1)C2.CC(C)c1cccc2c1CCC2.Cc1cccc(F)c1C(C)C. The highest BCUT2D eigenvalue weighted by Gasteiger charge is 2.59. The van der Waals surface area contributed by atoms with Gasteiger partial charge >= 0.3 is 0 Å². The maximum absolute atomic E-state index is 13.1. The Labute approximate surface area is 625 Å². The molecule has 15 rings (SSSR count). The highest BCUT2D eigenvalue weighted by atomic mass is 32.2. The average molecular weight is 1390 g/mol. The first-order chi connectivity index (χ1) is 47.0. The third-order valence-corrected chi connectivity index (χ3v) is 30.4. The molecule has 0 radical (unpaired) electrons. The summed E-state index contributed by atoms with van der Waals surface area (Å²) >= 11 is 2.15. The number of thioether (sulfide) groups is 1. The quantitative estimate of drug-likeness (QED) is 0.193. The largest absolute Gasteiger partial charge is 0.207 e. The lowest BCUT2D eigenvalue weighted by atomic mass is 9.39. The highest BCUT2D eigenvalue weighted by molar-refractivity contribution is 8.00. The Morgan fingerprint density at radius 2 is 0.949 bits per heavy atom. The summed E-state index contributed by atoms with van der Waals surface area (Å²) in [6.07, 6.45) is 54.0. The van der Waals surface area contributed by atoms with E-state index in [9.17, 15) is 4.39 Å². The van der Waals surface area contributed by atoms with E-state index in [1.54, 1.807) is 93.4 Å². The number of hydrogen-bond donors (Lipinski definition) is 0. The van der Waals surface area contributed by atoms with Gasteiger partial charge in [0.05, 0.1) is 0 Å². The number of rotatable bonds is 13. The van der Waals surface area contributed by atoms with Crippen LogP contribution in [0.4, 0.5) is 4.39 Å². The van der Waals surface area contributed by atoms with Crippen LogP contribution in [0, 0.1) is 142 Å². The summed E-state index contributed by atoms with van der Waals surface area (Å²) in [6, 6.07) is 12.0. The fourth-order valence-corrected chi connectivity index (χ4v) is 22.3. The van der Waals surface area contributed by atoms with E-state index in [-0.39, 0.29) is 11.7 Å². The summed E-state index contributed by atoms with van der Waals surface area (Å²) in [5, 5.41) is 0.981. The van der Waals surface area contributed by atoms with E-state index in [1.165, 1.54) is 172 Å². The van der Waals surface area contributed by atoms with Gasteiger partial charge in [0, 0.05) is 5.25 Å². The van der Waals surface area contributed by atoms with Crippen molar-refractivity contribution in [2.75, 3.05) is 5.75 Å². The van der Waals surface area contributed by atoms with E-state index in [2.05, 4.69) is 168 Å². The monoisotopic (exact) mass is 1390 g/mol. The normalized spacial score (nSPS) is 28.1. The molecular weight excluding hydrogens is 1220 g/mol. The molecule has 2 aromatic carbocycles.